The molecule has 0 aromatic heterocycles. The number of carbonyl (C=O) groups is 4. The molecule has 0 unspecified atom stereocenters. The Kier molecular flexibility index (Phi) is 12.9. The summed E-state index contributed by atoms with van der Waals surface area (Å²) in [4.78, 5) is 47.9. The fourth-order valence-corrected chi connectivity index (χ4v) is 2.88. The van der Waals surface area contributed by atoms with Crippen LogP contribution in [-0.2, 0) is 35.1 Å². The number of hydrogen-bond donors (Lipinski definition) is 1. The van der Waals surface area contributed by atoms with Gasteiger partial charge in [0.05, 0.1) is 0 Å². The highest BCUT2D eigenvalue weighted by Crippen LogP contribution is 2.30. The first-order valence-electron chi connectivity index (χ1n) is 11.7. The molecule has 1 aromatic rings. The van der Waals surface area contributed by atoms with E-state index in [1.54, 1.807) is 13.0 Å². The molecule has 34 heavy (non-hydrogen) atoms. The van der Waals surface area contributed by atoms with Gasteiger partial charge in [0, 0.05) is 19.3 Å². The minimum atomic E-state index is -0.994. The molecule has 0 heterocycles. The Labute approximate surface area is 201 Å². The van der Waals surface area contributed by atoms with E-state index in [4.69, 9.17) is 24.7 Å². The van der Waals surface area contributed by atoms with E-state index in [0.717, 1.165) is 0 Å². The van der Waals surface area contributed by atoms with E-state index in [2.05, 4.69) is 0 Å². The molecule has 9 nitrogen and oxygen atoms in total. The van der Waals surface area contributed by atoms with Crippen LogP contribution in [0, 0.1) is 5.92 Å². The lowest BCUT2D eigenvalue weighted by Crippen LogP contribution is -2.36. The fourth-order valence-electron chi connectivity index (χ4n) is 2.88. The molecule has 9 heteroatoms. The first-order chi connectivity index (χ1) is 16.0. The van der Waals surface area contributed by atoms with Gasteiger partial charge in [-0.2, -0.15) is 0 Å². The van der Waals surface area contributed by atoms with Gasteiger partial charge in [0.2, 0.25) is 0 Å². The lowest BCUT2D eigenvalue weighted by Gasteiger charge is -2.17. The van der Waals surface area contributed by atoms with Crippen molar-refractivity contribution in [1.29, 1.82) is 0 Å². The molecule has 2 atom stereocenters. The van der Waals surface area contributed by atoms with Gasteiger partial charge in [-0.3, -0.25) is 19.2 Å². The Hall–Kier alpha value is -2.94. The van der Waals surface area contributed by atoms with Gasteiger partial charge in [-0.05, 0) is 49.8 Å². The van der Waals surface area contributed by atoms with Gasteiger partial charge >= 0.3 is 23.9 Å². The van der Waals surface area contributed by atoms with Crippen molar-refractivity contribution in [3.8, 4) is 11.5 Å². The average Bonchev–Trinajstić information content (AvgIpc) is 2.73. The molecule has 190 valence electrons. The SMILES string of the molecule is CCCC(=O)Oc1ccc(C[C@H](N)C(=O)OC[C@H](C)OC(=O)CC(C)C)cc1OC(=O)CCC. The van der Waals surface area contributed by atoms with Gasteiger partial charge < -0.3 is 24.7 Å². The van der Waals surface area contributed by atoms with Crippen molar-refractivity contribution in [3.63, 3.8) is 0 Å². The van der Waals surface area contributed by atoms with Crippen LogP contribution in [0.5, 0.6) is 11.5 Å². The second-order valence-electron chi connectivity index (χ2n) is 8.57. The third kappa shape index (κ3) is 11.3. The molecule has 1 rings (SSSR count). The molecule has 0 aliphatic rings. The van der Waals surface area contributed by atoms with Crippen molar-refractivity contribution in [1.82, 2.24) is 0 Å². The van der Waals surface area contributed by atoms with Crippen LogP contribution in [0.25, 0.3) is 0 Å². The zero-order valence-corrected chi connectivity index (χ0v) is 20.8. The number of benzene rings is 1. The highest BCUT2D eigenvalue weighted by molar-refractivity contribution is 5.77. The topological polar surface area (TPSA) is 131 Å². The molecule has 0 radical (unpaired) electrons. The molecule has 1 aromatic carbocycles. The summed E-state index contributed by atoms with van der Waals surface area (Å²) in [6, 6.07) is 3.67. The Morgan fingerprint density at radius 3 is 2.03 bits per heavy atom. The summed E-state index contributed by atoms with van der Waals surface area (Å²) in [7, 11) is 0. The number of rotatable bonds is 14. The Morgan fingerprint density at radius 2 is 1.47 bits per heavy atom. The predicted molar refractivity (Wildman–Crippen MR) is 125 cm³/mol. The largest absolute Gasteiger partial charge is 0.461 e. The van der Waals surface area contributed by atoms with Crippen molar-refractivity contribution in [2.75, 3.05) is 6.61 Å². The molecule has 2 N–H and O–H groups in total. The first-order valence-corrected chi connectivity index (χ1v) is 11.7. The summed E-state index contributed by atoms with van der Waals surface area (Å²) < 4.78 is 21.1. The molecule has 0 saturated heterocycles. The van der Waals surface area contributed by atoms with Crippen LogP contribution in [0.3, 0.4) is 0 Å². The molecule has 0 fully saturated rings. The van der Waals surface area contributed by atoms with Gasteiger partial charge in [-0.25, -0.2) is 0 Å². The van der Waals surface area contributed by atoms with Crippen molar-refractivity contribution >= 4 is 23.9 Å². The van der Waals surface area contributed by atoms with E-state index >= 15 is 0 Å². The molecule has 0 aliphatic heterocycles. The minimum absolute atomic E-state index is 0.0895. The van der Waals surface area contributed by atoms with Crippen LogP contribution in [-0.4, -0.2) is 42.6 Å². The van der Waals surface area contributed by atoms with E-state index < -0.39 is 30.1 Å². The summed E-state index contributed by atoms with van der Waals surface area (Å²) in [6.45, 7) is 9.03. The van der Waals surface area contributed by atoms with E-state index in [-0.39, 0.29) is 55.7 Å². The zero-order chi connectivity index (χ0) is 25.7. The van der Waals surface area contributed by atoms with Gasteiger partial charge in [-0.15, -0.1) is 0 Å². The predicted octanol–water partition coefficient (Wildman–Crippen LogP) is 3.49. The molecule has 0 amide bonds. The number of carbonyl (C=O) groups excluding carboxylic acids is 4. The maximum Gasteiger partial charge on any atom is 0.323 e. The summed E-state index contributed by atoms with van der Waals surface area (Å²) in [6.07, 6.45) is 1.45. The normalized spacial score (nSPS) is 12.6. The molecular weight excluding hydrogens is 442 g/mol. The first kappa shape index (κ1) is 29.1. The molecule has 0 saturated carbocycles. The lowest BCUT2D eigenvalue weighted by molar-refractivity contribution is -0.159. The van der Waals surface area contributed by atoms with Crippen molar-refractivity contribution in [2.45, 2.75) is 85.3 Å². The third-order valence-corrected chi connectivity index (χ3v) is 4.49. The van der Waals surface area contributed by atoms with Crippen molar-refractivity contribution in [3.05, 3.63) is 23.8 Å². The van der Waals surface area contributed by atoms with Gasteiger partial charge in [-0.1, -0.05) is 33.8 Å². The van der Waals surface area contributed by atoms with Crippen molar-refractivity contribution < 1.29 is 38.1 Å². The standard InChI is InChI=1S/C25H37NO8/c1-6-8-22(27)33-20-11-10-18(14-21(20)34-23(28)9-7-2)13-19(26)25(30)31-15-17(5)32-24(29)12-16(3)4/h10-11,14,16-17,19H,6-9,12-13,15,26H2,1-5H3/t17-,19-/m0/s1. The van der Waals surface area contributed by atoms with Gasteiger partial charge in [0.15, 0.2) is 11.5 Å². The summed E-state index contributed by atoms with van der Waals surface area (Å²) in [5.41, 5.74) is 6.58. The highest BCUT2D eigenvalue weighted by atomic mass is 16.6. The van der Waals surface area contributed by atoms with E-state index in [1.165, 1.54) is 12.1 Å². The second-order valence-corrected chi connectivity index (χ2v) is 8.57. The van der Waals surface area contributed by atoms with Crippen LogP contribution < -0.4 is 15.2 Å². The van der Waals surface area contributed by atoms with Crippen molar-refractivity contribution in [2.24, 2.45) is 11.7 Å². The monoisotopic (exact) mass is 479 g/mol. The number of nitrogens with two attached hydrogens (primary N) is 1. The van der Waals surface area contributed by atoms with E-state index in [9.17, 15) is 19.2 Å². The maximum atomic E-state index is 12.3. The fraction of sp³-hybridized carbons (Fsp3) is 0.600. The van der Waals surface area contributed by atoms with E-state index in [0.29, 0.717) is 18.4 Å². The van der Waals surface area contributed by atoms with Crippen LogP contribution in [0.1, 0.15) is 72.3 Å². The zero-order valence-electron chi connectivity index (χ0n) is 20.8. The summed E-state index contributed by atoms with van der Waals surface area (Å²) in [5, 5.41) is 0. The van der Waals surface area contributed by atoms with Gasteiger partial charge in [0.1, 0.15) is 18.8 Å². The molecular formula is C25H37NO8. The highest BCUT2D eigenvalue weighted by Gasteiger charge is 2.21. The van der Waals surface area contributed by atoms with Crippen LogP contribution in [0.15, 0.2) is 18.2 Å². The van der Waals surface area contributed by atoms with Crippen LogP contribution >= 0.6 is 0 Å². The van der Waals surface area contributed by atoms with Crippen LogP contribution in [0.2, 0.25) is 0 Å². The minimum Gasteiger partial charge on any atom is -0.461 e. The average molecular weight is 480 g/mol. The molecule has 0 spiro atoms. The second kappa shape index (κ2) is 15.1. The summed E-state index contributed by atoms with van der Waals surface area (Å²) >= 11 is 0. The lowest BCUT2D eigenvalue weighted by atomic mass is 10.1. The number of hydrogen-bond acceptors (Lipinski definition) is 9. The maximum absolute atomic E-state index is 12.3. The molecule has 0 aliphatic carbocycles. The Morgan fingerprint density at radius 1 is 0.882 bits per heavy atom. The number of ether oxygens (including phenoxy) is 4. The van der Waals surface area contributed by atoms with Gasteiger partial charge in [0.25, 0.3) is 0 Å². The summed E-state index contributed by atoms with van der Waals surface area (Å²) in [5.74, 6) is -1.53. The Balaban J connectivity index is 2.78. The third-order valence-electron chi connectivity index (χ3n) is 4.49. The van der Waals surface area contributed by atoms with E-state index in [1.807, 2.05) is 27.7 Å². The molecule has 0 bridgehead atoms. The quantitative estimate of drug-likeness (QED) is 0.314. The Bertz CT molecular complexity index is 836. The van der Waals surface area contributed by atoms with Crippen LogP contribution in [0.4, 0.5) is 0 Å². The number of esters is 4. The smallest absolute Gasteiger partial charge is 0.323 e.